The molecule has 0 fully saturated rings. The Hall–Kier alpha value is -0.790. The second kappa shape index (κ2) is 48.4. The molecule has 0 N–H and O–H groups in total. The van der Waals surface area contributed by atoms with Gasteiger partial charge in [0.1, 0.15) is 0 Å². The molecule has 0 saturated carbocycles. The van der Waals surface area contributed by atoms with Crippen LogP contribution in [0.3, 0.4) is 0 Å². The van der Waals surface area contributed by atoms with E-state index < -0.39 is 0 Å². The van der Waals surface area contributed by atoms with E-state index >= 15 is 0 Å². The highest BCUT2D eigenvalue weighted by Gasteiger charge is 2.03. The number of unbranched alkanes of at least 4 members (excludes halogenated alkanes) is 38. The molecule has 0 aromatic carbocycles. The average molecular weight is 759 g/mol. The summed E-state index contributed by atoms with van der Waals surface area (Å²) in [5.41, 5.74) is 0. The second-order valence-corrected chi connectivity index (χ2v) is 17.8. The van der Waals surface area contributed by atoms with Gasteiger partial charge in [-0.05, 0) is 38.0 Å². The predicted molar refractivity (Wildman–Crippen MR) is 244 cm³/mol. The summed E-state index contributed by atoms with van der Waals surface area (Å²) in [6.45, 7) is 7.61. The van der Waals surface area contributed by atoms with E-state index in [1.807, 2.05) is 0 Å². The monoisotopic (exact) mass is 759 g/mol. The van der Waals surface area contributed by atoms with Crippen LogP contribution in [0.4, 0.5) is 0 Å². The minimum absolute atomic E-state index is 0.0184. The molecule has 0 spiro atoms. The maximum absolute atomic E-state index is 12.0. The predicted octanol–water partition coefficient (Wildman–Crippen LogP) is 18.9. The van der Waals surface area contributed by atoms with Crippen LogP contribution in [0.25, 0.3) is 0 Å². The van der Waals surface area contributed by atoms with Gasteiger partial charge in [-0.1, -0.05) is 277 Å². The Kier molecular flexibility index (Phi) is 47.7. The third-order valence-corrected chi connectivity index (χ3v) is 12.2. The van der Waals surface area contributed by atoms with Gasteiger partial charge >= 0.3 is 5.97 Å². The molecule has 2 nitrogen and oxygen atoms in total. The van der Waals surface area contributed by atoms with E-state index in [2.05, 4.69) is 32.9 Å². The van der Waals surface area contributed by atoms with Crippen molar-refractivity contribution in [1.29, 1.82) is 0 Å². The van der Waals surface area contributed by atoms with E-state index in [4.69, 9.17) is 4.74 Å². The van der Waals surface area contributed by atoms with Crippen LogP contribution in [0, 0.1) is 5.92 Å². The van der Waals surface area contributed by atoms with E-state index in [1.54, 1.807) is 0 Å². The molecule has 0 saturated heterocycles. The summed E-state index contributed by atoms with van der Waals surface area (Å²) in [6, 6.07) is 0. The van der Waals surface area contributed by atoms with E-state index in [-0.39, 0.29) is 5.97 Å². The van der Waals surface area contributed by atoms with Crippen LogP contribution >= 0.6 is 0 Å². The first kappa shape index (κ1) is 53.2. The maximum atomic E-state index is 12.0. The summed E-state index contributed by atoms with van der Waals surface area (Å²) in [7, 11) is 0. The fourth-order valence-corrected chi connectivity index (χ4v) is 7.98. The number of ether oxygens (including phenoxy) is 1. The van der Waals surface area contributed by atoms with Crippen molar-refractivity contribution in [3.63, 3.8) is 0 Å². The van der Waals surface area contributed by atoms with Crippen molar-refractivity contribution >= 4 is 5.97 Å². The quantitative estimate of drug-likeness (QED) is 0.0351. The molecule has 1 unspecified atom stereocenters. The van der Waals surface area contributed by atoms with Gasteiger partial charge in [0, 0.05) is 6.42 Å². The molecule has 0 heterocycles. The van der Waals surface area contributed by atoms with Gasteiger partial charge in [0.05, 0.1) is 6.61 Å². The van der Waals surface area contributed by atoms with Crippen LogP contribution in [0.15, 0.2) is 12.2 Å². The number of esters is 1. The van der Waals surface area contributed by atoms with Crippen LogP contribution in [-0.2, 0) is 9.53 Å². The first-order valence-electron chi connectivity index (χ1n) is 25.5. The van der Waals surface area contributed by atoms with Gasteiger partial charge < -0.3 is 4.74 Å². The van der Waals surface area contributed by atoms with Crippen molar-refractivity contribution in [2.45, 2.75) is 303 Å². The molecular weight excluding hydrogens is 657 g/mol. The Balaban J connectivity index is 3.13. The Morgan fingerprint density at radius 3 is 1.04 bits per heavy atom. The first-order valence-corrected chi connectivity index (χ1v) is 25.5. The van der Waals surface area contributed by atoms with Gasteiger partial charge in [0.25, 0.3) is 0 Å². The van der Waals surface area contributed by atoms with Crippen molar-refractivity contribution in [1.82, 2.24) is 0 Å². The molecule has 0 aromatic rings. The molecule has 1 atom stereocenters. The zero-order valence-electron chi connectivity index (χ0n) is 37.9. The number of carbonyl (C=O) groups excluding carboxylic acids is 1. The summed E-state index contributed by atoms with van der Waals surface area (Å²) in [6.07, 6.45) is 65.0. The number of hydrogen-bond donors (Lipinski definition) is 0. The van der Waals surface area contributed by atoms with Crippen LogP contribution in [0.1, 0.15) is 303 Å². The number of hydrogen-bond acceptors (Lipinski definition) is 2. The summed E-state index contributed by atoms with van der Waals surface area (Å²) in [5, 5.41) is 0. The van der Waals surface area contributed by atoms with E-state index in [1.165, 1.54) is 257 Å². The first-order chi connectivity index (χ1) is 26.7. The van der Waals surface area contributed by atoms with E-state index in [0.29, 0.717) is 13.0 Å². The molecule has 0 amide bonds. The smallest absolute Gasteiger partial charge is 0.305 e. The molecule has 0 aliphatic rings. The largest absolute Gasteiger partial charge is 0.466 e. The number of rotatable bonds is 47. The Morgan fingerprint density at radius 1 is 0.389 bits per heavy atom. The molecule has 54 heavy (non-hydrogen) atoms. The van der Waals surface area contributed by atoms with Crippen molar-refractivity contribution in [2.24, 2.45) is 5.92 Å². The van der Waals surface area contributed by atoms with Gasteiger partial charge in [0.15, 0.2) is 0 Å². The van der Waals surface area contributed by atoms with E-state index in [9.17, 15) is 4.79 Å². The Bertz CT molecular complexity index is 713. The third kappa shape index (κ3) is 47.4. The highest BCUT2D eigenvalue weighted by atomic mass is 16.5. The van der Waals surface area contributed by atoms with E-state index in [0.717, 1.165) is 25.2 Å². The van der Waals surface area contributed by atoms with Gasteiger partial charge in [-0.25, -0.2) is 0 Å². The molecule has 0 radical (unpaired) electrons. The summed E-state index contributed by atoms with van der Waals surface area (Å²) in [5.74, 6) is 0.959. The fraction of sp³-hybridized carbons (Fsp3) is 0.942. The van der Waals surface area contributed by atoms with Crippen molar-refractivity contribution < 1.29 is 9.53 Å². The second-order valence-electron chi connectivity index (χ2n) is 17.8. The highest BCUT2D eigenvalue weighted by molar-refractivity contribution is 5.69. The lowest BCUT2D eigenvalue weighted by Gasteiger charge is -2.07. The molecule has 0 aliphatic heterocycles. The van der Waals surface area contributed by atoms with Crippen molar-refractivity contribution in [3.8, 4) is 0 Å². The highest BCUT2D eigenvalue weighted by Crippen LogP contribution is 2.18. The minimum Gasteiger partial charge on any atom is -0.466 e. The summed E-state index contributed by atoms with van der Waals surface area (Å²) in [4.78, 5) is 12.0. The lowest BCUT2D eigenvalue weighted by Crippen LogP contribution is -2.05. The normalized spacial score (nSPS) is 12.3. The summed E-state index contributed by atoms with van der Waals surface area (Å²) >= 11 is 0. The molecule has 0 aromatic heterocycles. The van der Waals surface area contributed by atoms with Crippen LogP contribution in [-0.4, -0.2) is 12.6 Å². The summed E-state index contributed by atoms with van der Waals surface area (Å²) < 4.78 is 5.46. The van der Waals surface area contributed by atoms with Gasteiger partial charge in [-0.3, -0.25) is 4.79 Å². The van der Waals surface area contributed by atoms with Gasteiger partial charge in [-0.2, -0.15) is 0 Å². The number of carbonyl (C=O) groups is 1. The molecule has 2 heteroatoms. The van der Waals surface area contributed by atoms with Crippen LogP contribution in [0.5, 0.6) is 0 Å². The SMILES string of the molecule is CCCC/C=C\CCCCCCCC(=O)OCCCCCCCCCCCCCCCCCCCCCCCCCCCCCCCCCCC(C)CC. The lowest BCUT2D eigenvalue weighted by molar-refractivity contribution is -0.143. The fourth-order valence-electron chi connectivity index (χ4n) is 7.98. The molecular formula is C52H102O2. The third-order valence-electron chi connectivity index (χ3n) is 12.2. The zero-order valence-corrected chi connectivity index (χ0v) is 37.9. The molecule has 0 aliphatic carbocycles. The Morgan fingerprint density at radius 2 is 0.685 bits per heavy atom. The zero-order chi connectivity index (χ0) is 39.1. The standard InChI is InChI=1S/C52H102O2/c1-4-6-7-8-9-10-33-37-40-43-46-49-52(53)54-50-47-44-41-38-35-32-30-28-26-24-22-20-18-16-14-12-11-13-15-17-19-21-23-25-27-29-31-34-36-39-42-45-48-51(3)5-2/h8-9,51H,4-7,10-50H2,1-3H3/b9-8-. The topological polar surface area (TPSA) is 26.3 Å². The molecule has 0 rings (SSSR count). The van der Waals surface area contributed by atoms with Gasteiger partial charge in [0.2, 0.25) is 0 Å². The maximum Gasteiger partial charge on any atom is 0.305 e. The molecule has 0 bridgehead atoms. The minimum atomic E-state index is 0.0184. The number of allylic oxidation sites excluding steroid dienone is 2. The van der Waals surface area contributed by atoms with Crippen LogP contribution < -0.4 is 0 Å². The molecule has 322 valence electrons. The average Bonchev–Trinajstić information content (AvgIpc) is 3.18. The van der Waals surface area contributed by atoms with Gasteiger partial charge in [-0.15, -0.1) is 0 Å². The lowest BCUT2D eigenvalue weighted by atomic mass is 9.99. The van der Waals surface area contributed by atoms with Crippen molar-refractivity contribution in [2.75, 3.05) is 6.61 Å². The van der Waals surface area contributed by atoms with Crippen LogP contribution in [0.2, 0.25) is 0 Å². The van der Waals surface area contributed by atoms with Crippen molar-refractivity contribution in [3.05, 3.63) is 12.2 Å². The Labute approximate surface area is 342 Å².